The monoisotopic (exact) mass is 216 g/mol. The summed E-state index contributed by atoms with van der Waals surface area (Å²) in [6.45, 7) is 7.24. The average molecular weight is 216 g/mol. The van der Waals surface area contributed by atoms with Crippen molar-refractivity contribution in [3.05, 3.63) is 0 Å². The Morgan fingerprint density at radius 2 is 2.14 bits per heavy atom. The van der Waals surface area contributed by atoms with Gasteiger partial charge in [-0.05, 0) is 5.92 Å². The van der Waals surface area contributed by atoms with Crippen molar-refractivity contribution in [1.82, 2.24) is 10.3 Å². The SMILES string of the molecule is CC(C)CN=C(NN)N1CCSCC1. The van der Waals surface area contributed by atoms with Crippen LogP contribution in [0.15, 0.2) is 4.99 Å². The van der Waals surface area contributed by atoms with Gasteiger partial charge < -0.3 is 4.90 Å². The second kappa shape index (κ2) is 6.14. The number of aliphatic imine (C=N–C) groups is 1. The van der Waals surface area contributed by atoms with Gasteiger partial charge in [-0.25, -0.2) is 5.84 Å². The standard InChI is InChI=1S/C9H20N4S/c1-8(2)7-11-9(12-10)13-3-5-14-6-4-13/h8H,3-7,10H2,1-2H3,(H,11,12). The number of hydrogen-bond donors (Lipinski definition) is 2. The minimum absolute atomic E-state index is 0.581. The van der Waals surface area contributed by atoms with Crippen molar-refractivity contribution in [2.24, 2.45) is 16.8 Å². The number of nitrogens with two attached hydrogens (primary N) is 1. The molecular formula is C9H20N4S. The maximum Gasteiger partial charge on any atom is 0.208 e. The highest BCUT2D eigenvalue weighted by atomic mass is 32.2. The van der Waals surface area contributed by atoms with Crippen molar-refractivity contribution < 1.29 is 0 Å². The maximum atomic E-state index is 5.46. The fourth-order valence-electron chi connectivity index (χ4n) is 1.28. The Hall–Kier alpha value is -0.420. The van der Waals surface area contributed by atoms with Gasteiger partial charge in [0.05, 0.1) is 0 Å². The van der Waals surface area contributed by atoms with Gasteiger partial charge in [-0.3, -0.25) is 10.4 Å². The molecule has 0 aromatic rings. The minimum atomic E-state index is 0.581. The van der Waals surface area contributed by atoms with Crippen LogP contribution in [0.5, 0.6) is 0 Å². The summed E-state index contributed by atoms with van der Waals surface area (Å²) < 4.78 is 0. The van der Waals surface area contributed by atoms with Gasteiger partial charge in [0.25, 0.3) is 0 Å². The van der Waals surface area contributed by atoms with Gasteiger partial charge >= 0.3 is 0 Å². The molecule has 1 heterocycles. The van der Waals surface area contributed by atoms with E-state index in [1.807, 2.05) is 11.8 Å². The van der Waals surface area contributed by atoms with E-state index in [2.05, 4.69) is 29.2 Å². The first-order valence-electron chi connectivity index (χ1n) is 5.07. The molecule has 1 fully saturated rings. The summed E-state index contributed by atoms with van der Waals surface area (Å²) in [4.78, 5) is 6.68. The Kier molecular flexibility index (Phi) is 5.11. The molecule has 4 nitrogen and oxygen atoms in total. The van der Waals surface area contributed by atoms with Gasteiger partial charge in [0.2, 0.25) is 5.96 Å². The molecule has 0 unspecified atom stereocenters. The highest BCUT2D eigenvalue weighted by Crippen LogP contribution is 2.09. The summed E-state index contributed by atoms with van der Waals surface area (Å²) in [7, 11) is 0. The fraction of sp³-hybridized carbons (Fsp3) is 0.889. The molecule has 1 aliphatic rings. The summed E-state index contributed by atoms with van der Waals surface area (Å²) in [6.07, 6.45) is 0. The Morgan fingerprint density at radius 1 is 1.50 bits per heavy atom. The minimum Gasteiger partial charge on any atom is -0.340 e. The molecular weight excluding hydrogens is 196 g/mol. The second-order valence-electron chi connectivity index (χ2n) is 3.80. The van der Waals surface area contributed by atoms with Crippen molar-refractivity contribution in [2.45, 2.75) is 13.8 Å². The third kappa shape index (κ3) is 3.75. The molecule has 3 N–H and O–H groups in total. The van der Waals surface area contributed by atoms with Gasteiger partial charge in [0.1, 0.15) is 0 Å². The van der Waals surface area contributed by atoms with Gasteiger partial charge in [-0.2, -0.15) is 11.8 Å². The number of rotatable bonds is 2. The van der Waals surface area contributed by atoms with E-state index in [9.17, 15) is 0 Å². The van der Waals surface area contributed by atoms with E-state index < -0.39 is 0 Å². The predicted molar refractivity (Wildman–Crippen MR) is 63.4 cm³/mol. The molecule has 0 aliphatic carbocycles. The van der Waals surface area contributed by atoms with E-state index in [4.69, 9.17) is 5.84 Å². The van der Waals surface area contributed by atoms with Crippen LogP contribution >= 0.6 is 11.8 Å². The molecule has 1 saturated heterocycles. The topological polar surface area (TPSA) is 53.6 Å². The molecule has 0 spiro atoms. The average Bonchev–Trinajstić information content (AvgIpc) is 2.20. The molecule has 0 radical (unpaired) electrons. The van der Waals surface area contributed by atoms with E-state index >= 15 is 0 Å². The third-order valence-electron chi connectivity index (χ3n) is 2.05. The summed E-state index contributed by atoms with van der Waals surface area (Å²) in [5.74, 6) is 9.23. The van der Waals surface area contributed by atoms with Crippen LogP contribution in [0.3, 0.4) is 0 Å². The first-order valence-corrected chi connectivity index (χ1v) is 6.23. The third-order valence-corrected chi connectivity index (χ3v) is 2.99. The lowest BCUT2D eigenvalue weighted by atomic mass is 10.2. The van der Waals surface area contributed by atoms with E-state index in [0.29, 0.717) is 5.92 Å². The summed E-state index contributed by atoms with van der Waals surface area (Å²) in [5, 5.41) is 0. The van der Waals surface area contributed by atoms with Gasteiger partial charge in [-0.1, -0.05) is 13.8 Å². The fourth-order valence-corrected chi connectivity index (χ4v) is 2.18. The Morgan fingerprint density at radius 3 is 2.64 bits per heavy atom. The van der Waals surface area contributed by atoms with Gasteiger partial charge in [0.15, 0.2) is 0 Å². The molecule has 82 valence electrons. The number of nitrogens with zero attached hydrogens (tertiary/aromatic N) is 2. The van der Waals surface area contributed by atoms with Crippen molar-refractivity contribution in [2.75, 3.05) is 31.1 Å². The van der Waals surface area contributed by atoms with Crippen molar-refractivity contribution >= 4 is 17.7 Å². The van der Waals surface area contributed by atoms with E-state index in [1.165, 1.54) is 11.5 Å². The zero-order chi connectivity index (χ0) is 10.4. The second-order valence-corrected chi connectivity index (χ2v) is 5.03. The lowest BCUT2D eigenvalue weighted by molar-refractivity contribution is 0.441. The zero-order valence-corrected chi connectivity index (χ0v) is 9.81. The summed E-state index contributed by atoms with van der Waals surface area (Å²) in [6, 6.07) is 0. The summed E-state index contributed by atoms with van der Waals surface area (Å²) in [5.41, 5.74) is 2.69. The van der Waals surface area contributed by atoms with E-state index in [0.717, 1.165) is 25.6 Å². The van der Waals surface area contributed by atoms with Crippen LogP contribution < -0.4 is 11.3 Å². The lowest BCUT2D eigenvalue weighted by Crippen LogP contribution is -2.48. The molecule has 0 atom stereocenters. The normalized spacial score (nSPS) is 18.9. The molecule has 1 aliphatic heterocycles. The molecule has 0 saturated carbocycles. The smallest absolute Gasteiger partial charge is 0.208 e. The number of guanidine groups is 1. The maximum absolute atomic E-state index is 5.46. The Balaban J connectivity index is 2.46. The van der Waals surface area contributed by atoms with Crippen molar-refractivity contribution in [3.63, 3.8) is 0 Å². The van der Waals surface area contributed by atoms with Crippen LogP contribution in [-0.4, -0.2) is 42.0 Å². The predicted octanol–water partition coefficient (Wildman–Crippen LogP) is 0.511. The van der Waals surface area contributed by atoms with Gasteiger partial charge in [0, 0.05) is 31.1 Å². The van der Waals surface area contributed by atoms with Crippen LogP contribution in [0.2, 0.25) is 0 Å². The van der Waals surface area contributed by atoms with Crippen molar-refractivity contribution in [3.8, 4) is 0 Å². The molecule has 0 bridgehead atoms. The zero-order valence-electron chi connectivity index (χ0n) is 8.99. The Bertz CT molecular complexity index is 187. The number of hydrogen-bond acceptors (Lipinski definition) is 3. The molecule has 0 aromatic heterocycles. The molecule has 0 amide bonds. The van der Waals surface area contributed by atoms with E-state index in [-0.39, 0.29) is 0 Å². The highest BCUT2D eigenvalue weighted by molar-refractivity contribution is 7.99. The van der Waals surface area contributed by atoms with Crippen LogP contribution in [0, 0.1) is 5.92 Å². The van der Waals surface area contributed by atoms with Gasteiger partial charge in [-0.15, -0.1) is 0 Å². The van der Waals surface area contributed by atoms with Crippen LogP contribution in [-0.2, 0) is 0 Å². The molecule has 0 aromatic carbocycles. The molecule has 14 heavy (non-hydrogen) atoms. The molecule has 5 heteroatoms. The van der Waals surface area contributed by atoms with E-state index in [1.54, 1.807) is 0 Å². The largest absolute Gasteiger partial charge is 0.340 e. The quantitative estimate of drug-likeness (QED) is 0.306. The highest BCUT2D eigenvalue weighted by Gasteiger charge is 2.13. The number of nitrogens with one attached hydrogen (secondary N) is 1. The van der Waals surface area contributed by atoms with Crippen LogP contribution in [0.25, 0.3) is 0 Å². The van der Waals surface area contributed by atoms with Crippen LogP contribution in [0.4, 0.5) is 0 Å². The van der Waals surface area contributed by atoms with Crippen molar-refractivity contribution in [1.29, 1.82) is 0 Å². The number of hydrazine groups is 1. The number of thioether (sulfide) groups is 1. The lowest BCUT2D eigenvalue weighted by Gasteiger charge is -2.28. The Labute approximate surface area is 90.3 Å². The molecule has 1 rings (SSSR count). The van der Waals surface area contributed by atoms with Crippen LogP contribution in [0.1, 0.15) is 13.8 Å². The first kappa shape index (κ1) is 11.7. The first-order chi connectivity index (χ1) is 6.74. The summed E-state index contributed by atoms with van der Waals surface area (Å²) >= 11 is 1.99.